The smallest absolute Gasteiger partial charge is 0.339 e. The molecule has 0 aliphatic heterocycles. The summed E-state index contributed by atoms with van der Waals surface area (Å²) in [6.45, 7) is 5.08. The molecule has 0 saturated heterocycles. The van der Waals surface area contributed by atoms with Crippen molar-refractivity contribution in [1.29, 1.82) is 0 Å². The van der Waals surface area contributed by atoms with E-state index in [1.807, 2.05) is 0 Å². The first-order chi connectivity index (χ1) is 15.0. The number of ether oxygens (including phenoxy) is 1. The highest BCUT2D eigenvalue weighted by molar-refractivity contribution is 7.89. The molecule has 1 heterocycles. The molecule has 12 heteroatoms. The Morgan fingerprint density at radius 1 is 1.16 bits per heavy atom. The van der Waals surface area contributed by atoms with Crippen LogP contribution in [-0.2, 0) is 14.8 Å². The fraction of sp³-hybridized carbons (Fsp3) is 0.200. The highest BCUT2D eigenvalue weighted by Crippen LogP contribution is 2.25. The Bertz CT molecular complexity index is 1360. The molecule has 0 unspecified atom stereocenters. The van der Waals surface area contributed by atoms with Crippen molar-refractivity contribution < 1.29 is 17.9 Å². The third kappa shape index (κ3) is 5.13. The third-order valence-electron chi connectivity index (χ3n) is 4.24. The first-order valence-corrected chi connectivity index (χ1v) is 11.3. The normalized spacial score (nSPS) is 11.9. The van der Waals surface area contributed by atoms with Crippen LogP contribution in [0.15, 0.2) is 62.4 Å². The molecule has 0 fully saturated rings. The van der Waals surface area contributed by atoms with E-state index >= 15 is 0 Å². The number of nitrogens with zero attached hydrogens (tertiary/aromatic N) is 3. The van der Waals surface area contributed by atoms with E-state index in [2.05, 4.69) is 15.3 Å². The lowest BCUT2D eigenvalue weighted by Crippen LogP contribution is -2.15. The van der Waals surface area contributed by atoms with Crippen LogP contribution in [-0.4, -0.2) is 30.3 Å². The summed E-state index contributed by atoms with van der Waals surface area (Å²) < 4.78 is 29.2. The zero-order valence-electron chi connectivity index (χ0n) is 17.4. The Morgan fingerprint density at radius 3 is 2.41 bits per heavy atom. The van der Waals surface area contributed by atoms with Gasteiger partial charge in [0.05, 0.1) is 38.7 Å². The van der Waals surface area contributed by atoms with Crippen molar-refractivity contribution >= 4 is 39.0 Å². The van der Waals surface area contributed by atoms with Gasteiger partial charge >= 0.3 is 5.97 Å². The maximum absolute atomic E-state index is 12.8. The molecule has 3 N–H and O–H groups in total. The van der Waals surface area contributed by atoms with E-state index in [9.17, 15) is 18.0 Å². The molecule has 0 bridgehead atoms. The maximum Gasteiger partial charge on any atom is 0.339 e. The van der Waals surface area contributed by atoms with E-state index in [-0.39, 0.29) is 27.3 Å². The second kappa shape index (κ2) is 9.07. The van der Waals surface area contributed by atoms with Gasteiger partial charge in [-0.1, -0.05) is 11.6 Å². The lowest BCUT2D eigenvalue weighted by Gasteiger charge is -2.09. The average Bonchev–Trinajstić information content (AvgIpc) is 3.00. The number of nitrogens with two attached hydrogens (primary N) is 1. The summed E-state index contributed by atoms with van der Waals surface area (Å²) >= 11 is 6.08. The topological polar surface area (TPSA) is 149 Å². The van der Waals surface area contributed by atoms with E-state index in [1.165, 1.54) is 41.1 Å². The molecule has 0 aliphatic carbocycles. The number of nitrogens with one attached hydrogen (secondary N) is 1. The maximum atomic E-state index is 12.8. The number of azo groups is 1. The van der Waals surface area contributed by atoms with Crippen LogP contribution in [0.25, 0.3) is 5.69 Å². The van der Waals surface area contributed by atoms with Crippen LogP contribution in [0.3, 0.4) is 0 Å². The third-order valence-corrected chi connectivity index (χ3v) is 5.50. The Balaban J connectivity index is 1.92. The summed E-state index contributed by atoms with van der Waals surface area (Å²) in [6, 6.07) is 9.91. The van der Waals surface area contributed by atoms with Gasteiger partial charge in [-0.25, -0.2) is 23.0 Å². The van der Waals surface area contributed by atoms with Gasteiger partial charge in [0.2, 0.25) is 10.0 Å². The highest BCUT2D eigenvalue weighted by Gasteiger charge is 2.16. The molecule has 2 aromatic carbocycles. The number of carbonyl (C=O) groups excluding carboxylic acids is 1. The van der Waals surface area contributed by atoms with Crippen molar-refractivity contribution in [2.45, 2.75) is 31.8 Å². The predicted molar refractivity (Wildman–Crippen MR) is 119 cm³/mol. The Hall–Kier alpha value is -3.28. The molecular weight excluding hydrogens is 458 g/mol. The first kappa shape index (κ1) is 23.4. The molecular formula is C20H20ClN5O5S. The molecule has 1 aromatic heterocycles. The molecule has 3 aromatic rings. The minimum atomic E-state index is -3.85. The van der Waals surface area contributed by atoms with Gasteiger partial charge in [-0.15, -0.1) is 5.11 Å². The summed E-state index contributed by atoms with van der Waals surface area (Å²) in [6.07, 6.45) is -0.316. The molecule has 0 aliphatic rings. The van der Waals surface area contributed by atoms with E-state index in [1.54, 1.807) is 26.8 Å². The number of carbonyl (C=O) groups is 1. The number of aromatic nitrogens is 2. The van der Waals surface area contributed by atoms with Crippen molar-refractivity contribution in [2.75, 3.05) is 0 Å². The average molecular weight is 478 g/mol. The van der Waals surface area contributed by atoms with Gasteiger partial charge in [-0.2, -0.15) is 5.11 Å². The molecule has 3 rings (SSSR count). The van der Waals surface area contributed by atoms with Crippen molar-refractivity contribution in [2.24, 2.45) is 15.4 Å². The van der Waals surface area contributed by atoms with Gasteiger partial charge < -0.3 is 4.74 Å². The van der Waals surface area contributed by atoms with Crippen LogP contribution >= 0.6 is 11.6 Å². The molecule has 0 radical (unpaired) electrons. The summed E-state index contributed by atoms with van der Waals surface area (Å²) in [5.74, 6) is -0.592. The Labute approximate surface area is 188 Å². The molecule has 32 heavy (non-hydrogen) atoms. The fourth-order valence-electron chi connectivity index (χ4n) is 2.74. The van der Waals surface area contributed by atoms with Gasteiger partial charge in [0.1, 0.15) is 0 Å². The minimum Gasteiger partial charge on any atom is -0.459 e. The van der Waals surface area contributed by atoms with Gasteiger partial charge in [0.15, 0.2) is 5.69 Å². The minimum absolute atomic E-state index is 0.0433. The fourth-order valence-corrected chi connectivity index (χ4v) is 3.45. The second-order valence-electron chi connectivity index (χ2n) is 7.08. The van der Waals surface area contributed by atoms with Gasteiger partial charge in [0, 0.05) is 0 Å². The number of rotatable bonds is 6. The van der Waals surface area contributed by atoms with Gasteiger partial charge in [-0.3, -0.25) is 9.89 Å². The SMILES string of the molecule is Cc1[nH]n(-c2ccc(S(N)(=O)=O)cc2)c(=O)c1N=Nc1ccc(Cl)c(C(=O)OC(C)C)c1. The molecule has 168 valence electrons. The molecule has 10 nitrogen and oxygen atoms in total. The number of aryl methyl sites for hydroxylation is 1. The number of halogens is 1. The largest absolute Gasteiger partial charge is 0.459 e. The van der Waals surface area contributed by atoms with Gasteiger partial charge in [-0.05, 0) is 63.2 Å². The van der Waals surface area contributed by atoms with Crippen LogP contribution in [0.2, 0.25) is 5.02 Å². The van der Waals surface area contributed by atoms with Crippen molar-refractivity contribution in [3.8, 4) is 5.69 Å². The van der Waals surface area contributed by atoms with Crippen LogP contribution in [0.5, 0.6) is 0 Å². The molecule has 0 amide bonds. The van der Waals surface area contributed by atoms with Crippen LogP contribution in [0.1, 0.15) is 29.9 Å². The Kier molecular flexibility index (Phi) is 6.63. The quantitative estimate of drug-likeness (QED) is 0.409. The molecule has 0 atom stereocenters. The highest BCUT2D eigenvalue weighted by atomic mass is 35.5. The van der Waals surface area contributed by atoms with E-state index in [0.29, 0.717) is 17.1 Å². The number of primary sulfonamides is 1. The van der Waals surface area contributed by atoms with Crippen LogP contribution in [0.4, 0.5) is 11.4 Å². The number of benzene rings is 2. The van der Waals surface area contributed by atoms with E-state index in [0.717, 1.165) is 0 Å². The summed E-state index contributed by atoms with van der Waals surface area (Å²) in [5, 5.41) is 16.2. The standard InChI is InChI=1S/C20H20ClN5O5S/c1-11(2)31-20(28)16-10-13(4-9-17(16)21)23-24-18-12(3)25-26(19(18)27)14-5-7-15(8-6-14)32(22,29)30/h4-11,25H,1-3H3,(H2,22,29,30). The van der Waals surface area contributed by atoms with E-state index in [4.69, 9.17) is 21.5 Å². The number of H-pyrrole nitrogens is 1. The van der Waals surface area contributed by atoms with Crippen molar-refractivity contribution in [3.05, 3.63) is 69.1 Å². The van der Waals surface area contributed by atoms with E-state index < -0.39 is 21.6 Å². The predicted octanol–water partition coefficient (Wildman–Crippen LogP) is 3.76. The second-order valence-corrected chi connectivity index (χ2v) is 9.05. The van der Waals surface area contributed by atoms with Crippen molar-refractivity contribution in [1.82, 2.24) is 9.78 Å². The summed E-state index contributed by atoms with van der Waals surface area (Å²) in [4.78, 5) is 24.9. The van der Waals surface area contributed by atoms with Crippen molar-refractivity contribution in [3.63, 3.8) is 0 Å². The summed E-state index contributed by atoms with van der Waals surface area (Å²) in [7, 11) is -3.85. The number of esters is 1. The monoisotopic (exact) mass is 477 g/mol. The molecule has 0 spiro atoms. The van der Waals surface area contributed by atoms with Gasteiger partial charge in [0.25, 0.3) is 5.56 Å². The number of sulfonamides is 1. The number of hydrogen-bond acceptors (Lipinski definition) is 7. The lowest BCUT2D eigenvalue weighted by atomic mass is 10.2. The number of aromatic amines is 1. The zero-order valence-corrected chi connectivity index (χ0v) is 18.9. The van der Waals surface area contributed by atoms with Crippen LogP contribution < -0.4 is 10.7 Å². The Morgan fingerprint density at radius 2 is 1.81 bits per heavy atom. The summed E-state index contributed by atoms with van der Waals surface area (Å²) in [5.41, 5.74) is 0.800. The van der Waals surface area contributed by atoms with Crippen LogP contribution in [0, 0.1) is 6.92 Å². The molecule has 0 saturated carbocycles. The number of hydrogen-bond donors (Lipinski definition) is 2. The first-order valence-electron chi connectivity index (χ1n) is 9.34. The zero-order chi connectivity index (χ0) is 23.6. The lowest BCUT2D eigenvalue weighted by molar-refractivity contribution is 0.0378.